The molecular weight excluding hydrogens is 218 g/mol. The fraction of sp³-hybridized carbons (Fsp3) is 0.647. The number of rotatable bonds is 1. The van der Waals surface area contributed by atoms with Gasteiger partial charge in [0, 0.05) is 18.8 Å². The fourth-order valence-corrected chi connectivity index (χ4v) is 4.15. The van der Waals surface area contributed by atoms with Crippen molar-refractivity contribution in [2.45, 2.75) is 57.8 Å². The maximum absolute atomic E-state index is 2.54. The summed E-state index contributed by atoms with van der Waals surface area (Å²) in [6, 6.07) is 7.19. The van der Waals surface area contributed by atoms with E-state index in [4.69, 9.17) is 0 Å². The number of fused-ring (bicyclic) bond motifs is 1. The average Bonchev–Trinajstić information content (AvgIpc) is 2.85. The smallest absolute Gasteiger partial charge is 0.0369 e. The number of anilines is 1. The predicted molar refractivity (Wildman–Crippen MR) is 78.6 cm³/mol. The van der Waals surface area contributed by atoms with Crippen molar-refractivity contribution in [1.82, 2.24) is 0 Å². The molecule has 0 atom stereocenters. The maximum Gasteiger partial charge on any atom is 0.0369 e. The molecule has 1 fully saturated rings. The number of benzene rings is 1. The van der Waals surface area contributed by atoms with E-state index < -0.39 is 0 Å². The largest absolute Gasteiger partial charge is 0.372 e. The van der Waals surface area contributed by atoms with E-state index in [1.807, 2.05) is 0 Å². The first-order valence-electron chi connectivity index (χ1n) is 7.30. The van der Waals surface area contributed by atoms with Crippen molar-refractivity contribution < 1.29 is 0 Å². The van der Waals surface area contributed by atoms with Gasteiger partial charge in [0.1, 0.15) is 0 Å². The van der Waals surface area contributed by atoms with Gasteiger partial charge in [-0.25, -0.2) is 0 Å². The molecule has 0 spiro atoms. The van der Waals surface area contributed by atoms with Crippen LogP contribution in [0.5, 0.6) is 0 Å². The van der Waals surface area contributed by atoms with Crippen LogP contribution in [0.1, 0.15) is 58.1 Å². The van der Waals surface area contributed by atoms with Crippen molar-refractivity contribution in [2.75, 3.05) is 18.0 Å². The molecule has 1 aliphatic heterocycles. The van der Waals surface area contributed by atoms with E-state index in [0.29, 0.717) is 10.8 Å². The summed E-state index contributed by atoms with van der Waals surface area (Å²) in [5.74, 6) is 0. The lowest BCUT2D eigenvalue weighted by Gasteiger charge is -2.23. The van der Waals surface area contributed by atoms with Crippen LogP contribution in [0, 0.1) is 0 Å². The molecule has 0 saturated carbocycles. The van der Waals surface area contributed by atoms with Crippen LogP contribution in [-0.4, -0.2) is 13.1 Å². The number of hydrogen-bond acceptors (Lipinski definition) is 1. The molecule has 18 heavy (non-hydrogen) atoms. The monoisotopic (exact) mass is 243 g/mol. The highest BCUT2D eigenvalue weighted by Gasteiger charge is 2.41. The van der Waals surface area contributed by atoms with E-state index in [2.05, 4.69) is 50.8 Å². The third-order valence-electron chi connectivity index (χ3n) is 4.82. The molecule has 2 aliphatic rings. The van der Waals surface area contributed by atoms with Gasteiger partial charge in [-0.3, -0.25) is 0 Å². The normalized spacial score (nSPS) is 24.3. The summed E-state index contributed by atoms with van der Waals surface area (Å²) in [5.41, 5.74) is 5.25. The van der Waals surface area contributed by atoms with Gasteiger partial charge in [-0.15, -0.1) is 0 Å². The number of nitrogens with zero attached hydrogens (tertiary/aromatic N) is 1. The lowest BCUT2D eigenvalue weighted by molar-refractivity contribution is 0.403. The van der Waals surface area contributed by atoms with Crippen LogP contribution in [0.25, 0.3) is 0 Å². The Kier molecular flexibility index (Phi) is 2.52. The third-order valence-corrected chi connectivity index (χ3v) is 4.82. The van der Waals surface area contributed by atoms with Crippen LogP contribution in [0.15, 0.2) is 18.2 Å². The van der Waals surface area contributed by atoms with Crippen LogP contribution in [-0.2, 0) is 10.8 Å². The molecule has 1 aromatic rings. The number of hydrogen-bond donors (Lipinski definition) is 0. The first-order valence-corrected chi connectivity index (χ1v) is 7.30. The summed E-state index contributed by atoms with van der Waals surface area (Å²) in [6.07, 6.45) is 3.97. The zero-order valence-electron chi connectivity index (χ0n) is 12.2. The Bertz CT molecular complexity index is 464. The van der Waals surface area contributed by atoms with Crippen molar-refractivity contribution in [3.63, 3.8) is 0 Å². The second kappa shape index (κ2) is 3.76. The van der Waals surface area contributed by atoms with Crippen LogP contribution in [0.2, 0.25) is 0 Å². The topological polar surface area (TPSA) is 3.24 Å². The maximum atomic E-state index is 2.54. The van der Waals surface area contributed by atoms with Gasteiger partial charge in [-0.05, 0) is 53.4 Å². The van der Waals surface area contributed by atoms with Crippen LogP contribution in [0.4, 0.5) is 5.69 Å². The summed E-state index contributed by atoms with van der Waals surface area (Å²) in [6.45, 7) is 12.0. The Balaban J connectivity index is 2.05. The highest BCUT2D eigenvalue weighted by Crippen LogP contribution is 2.50. The van der Waals surface area contributed by atoms with Crippen molar-refractivity contribution in [3.8, 4) is 0 Å². The molecule has 98 valence electrons. The van der Waals surface area contributed by atoms with E-state index in [0.717, 1.165) is 0 Å². The zero-order valence-corrected chi connectivity index (χ0v) is 12.2. The highest BCUT2D eigenvalue weighted by molar-refractivity contribution is 5.57. The molecule has 1 heterocycles. The van der Waals surface area contributed by atoms with Crippen molar-refractivity contribution >= 4 is 5.69 Å². The summed E-state index contributed by atoms with van der Waals surface area (Å²) < 4.78 is 0. The molecule has 1 aromatic carbocycles. The molecule has 1 saturated heterocycles. The molecule has 0 bridgehead atoms. The van der Waals surface area contributed by atoms with E-state index in [1.54, 1.807) is 11.1 Å². The van der Waals surface area contributed by atoms with Crippen LogP contribution < -0.4 is 4.90 Å². The molecule has 0 aromatic heterocycles. The molecule has 0 N–H and O–H groups in total. The van der Waals surface area contributed by atoms with Gasteiger partial charge in [-0.1, -0.05) is 33.8 Å². The Hall–Kier alpha value is -0.980. The lowest BCUT2D eigenvalue weighted by Crippen LogP contribution is -2.19. The third kappa shape index (κ3) is 1.75. The van der Waals surface area contributed by atoms with Gasteiger partial charge in [0.25, 0.3) is 0 Å². The highest BCUT2D eigenvalue weighted by atomic mass is 15.1. The van der Waals surface area contributed by atoms with Gasteiger partial charge in [0.15, 0.2) is 0 Å². The van der Waals surface area contributed by atoms with Crippen LogP contribution >= 0.6 is 0 Å². The summed E-state index contributed by atoms with van der Waals surface area (Å²) in [4.78, 5) is 2.54. The van der Waals surface area contributed by atoms with Gasteiger partial charge < -0.3 is 4.90 Å². The summed E-state index contributed by atoms with van der Waals surface area (Å²) in [7, 11) is 0. The Labute approximate surface area is 111 Å². The first-order chi connectivity index (χ1) is 8.40. The fourth-order valence-electron chi connectivity index (χ4n) is 4.15. The second-order valence-electron chi connectivity index (χ2n) is 7.37. The van der Waals surface area contributed by atoms with Gasteiger partial charge in [-0.2, -0.15) is 0 Å². The SMILES string of the molecule is CC1(C)CC(C)(C)c2cc(N3CCCC3)ccc21. The molecule has 1 heteroatoms. The van der Waals surface area contributed by atoms with E-state index in [9.17, 15) is 0 Å². The Morgan fingerprint density at radius 1 is 0.889 bits per heavy atom. The Morgan fingerprint density at radius 2 is 1.50 bits per heavy atom. The molecule has 1 aliphatic carbocycles. The molecule has 1 nitrogen and oxygen atoms in total. The molecule has 0 radical (unpaired) electrons. The van der Waals surface area contributed by atoms with E-state index >= 15 is 0 Å². The van der Waals surface area contributed by atoms with Gasteiger partial charge in [0.2, 0.25) is 0 Å². The lowest BCUT2D eigenvalue weighted by atomic mass is 9.82. The second-order valence-corrected chi connectivity index (χ2v) is 7.37. The van der Waals surface area contributed by atoms with Crippen molar-refractivity contribution in [3.05, 3.63) is 29.3 Å². The molecule has 3 rings (SSSR count). The van der Waals surface area contributed by atoms with E-state index in [-0.39, 0.29) is 0 Å². The zero-order chi connectivity index (χ0) is 13.0. The minimum Gasteiger partial charge on any atom is -0.372 e. The molecular formula is C17H25N. The van der Waals surface area contributed by atoms with Crippen molar-refractivity contribution in [1.29, 1.82) is 0 Å². The van der Waals surface area contributed by atoms with Gasteiger partial charge >= 0.3 is 0 Å². The molecule has 0 unspecified atom stereocenters. The predicted octanol–water partition coefficient (Wildman–Crippen LogP) is 4.25. The first kappa shape index (κ1) is 12.1. The summed E-state index contributed by atoms with van der Waals surface area (Å²) in [5, 5.41) is 0. The molecule has 0 amide bonds. The van der Waals surface area contributed by atoms with Crippen LogP contribution in [0.3, 0.4) is 0 Å². The quantitative estimate of drug-likeness (QED) is 0.713. The average molecular weight is 243 g/mol. The van der Waals surface area contributed by atoms with Gasteiger partial charge in [0.05, 0.1) is 0 Å². The minimum atomic E-state index is 0.328. The standard InChI is InChI=1S/C17H25N/c1-16(2)12-17(3,4)15-11-13(7-8-14(15)16)18-9-5-6-10-18/h7-8,11H,5-6,9-10,12H2,1-4H3. The van der Waals surface area contributed by atoms with E-state index in [1.165, 1.54) is 38.0 Å². The Morgan fingerprint density at radius 3 is 2.17 bits per heavy atom. The summed E-state index contributed by atoms with van der Waals surface area (Å²) >= 11 is 0. The minimum absolute atomic E-state index is 0.328. The van der Waals surface area contributed by atoms with Crippen molar-refractivity contribution in [2.24, 2.45) is 0 Å².